The van der Waals surface area contributed by atoms with Crippen molar-refractivity contribution in [2.75, 3.05) is 53.5 Å². The largest absolute Gasteiger partial charge is 0.461 e. The van der Waals surface area contributed by atoms with Crippen LogP contribution in [0.2, 0.25) is 0 Å². The molecule has 7 bridgehead atoms. The van der Waals surface area contributed by atoms with Gasteiger partial charge in [-0.15, -0.1) is 0 Å². The Balaban J connectivity index is 1.29. The molecule has 7 rings (SSSR count). The predicted octanol–water partition coefficient (Wildman–Crippen LogP) is 1.34. The van der Waals surface area contributed by atoms with Gasteiger partial charge in [-0.2, -0.15) is 0 Å². The maximum absolute atomic E-state index is 13.9. The number of benzene rings is 1. The molecule has 5 aliphatic carbocycles. The van der Waals surface area contributed by atoms with Gasteiger partial charge in [-0.3, -0.25) is 14.5 Å². The summed E-state index contributed by atoms with van der Waals surface area (Å²) in [4.78, 5) is 39.9. The Morgan fingerprint density at radius 2 is 1.80 bits per heavy atom. The highest BCUT2D eigenvalue weighted by Gasteiger charge is 2.91. The normalized spacial score (nSPS) is 44.4. The number of esters is 1. The molecule has 13 nitrogen and oxygen atoms in total. The van der Waals surface area contributed by atoms with Crippen LogP contribution < -0.4 is 11.1 Å². The Hall–Kier alpha value is -2.65. The lowest BCUT2D eigenvalue weighted by Gasteiger charge is -2.70. The fraction of sp³-hybridized carbons (Fsp3) is 0.750. The van der Waals surface area contributed by atoms with Crippen molar-refractivity contribution < 1.29 is 48.3 Å². The van der Waals surface area contributed by atoms with Gasteiger partial charge in [0, 0.05) is 82.8 Å². The molecule has 13 heteroatoms. The zero-order chi connectivity index (χ0) is 35.1. The number of hydrogen-bond acceptors (Lipinski definition) is 11. The number of ether oxygens (including phenoxy) is 5. The van der Waals surface area contributed by atoms with Gasteiger partial charge in [0.05, 0.1) is 48.3 Å². The van der Waals surface area contributed by atoms with Gasteiger partial charge in [0.15, 0.2) is 0 Å². The zero-order valence-corrected chi connectivity index (χ0v) is 29.1. The van der Waals surface area contributed by atoms with E-state index < -0.39 is 52.0 Å². The molecule has 0 radical (unpaired) electrons. The zero-order valence-electron chi connectivity index (χ0n) is 29.1. The van der Waals surface area contributed by atoms with E-state index in [4.69, 9.17) is 29.4 Å². The molecule has 6 fully saturated rings. The van der Waals surface area contributed by atoms with E-state index in [9.17, 15) is 24.6 Å². The molecule has 1 unspecified atom stereocenters. The maximum atomic E-state index is 13.9. The van der Waals surface area contributed by atoms with Crippen molar-refractivity contribution in [3.8, 4) is 0 Å². The molecule has 1 saturated heterocycles. The highest BCUT2D eigenvalue weighted by molar-refractivity contribution is 6.01. The van der Waals surface area contributed by atoms with E-state index in [1.54, 1.807) is 52.7 Å². The van der Waals surface area contributed by atoms with Crippen molar-refractivity contribution in [3.05, 3.63) is 29.8 Å². The van der Waals surface area contributed by atoms with Crippen LogP contribution >= 0.6 is 0 Å². The highest BCUT2D eigenvalue weighted by atomic mass is 16.5. The number of methoxy groups -OCH3 is 4. The van der Waals surface area contributed by atoms with Crippen LogP contribution in [0.5, 0.6) is 0 Å². The minimum atomic E-state index is -1.69. The van der Waals surface area contributed by atoms with Gasteiger partial charge < -0.3 is 44.9 Å². The lowest BCUT2D eigenvalue weighted by Crippen LogP contribution is -2.82. The van der Waals surface area contributed by atoms with Gasteiger partial charge >= 0.3 is 5.97 Å². The van der Waals surface area contributed by atoms with E-state index in [2.05, 4.69) is 17.1 Å². The second-order valence-electron chi connectivity index (χ2n) is 15.3. The van der Waals surface area contributed by atoms with Crippen molar-refractivity contribution in [3.63, 3.8) is 0 Å². The average molecular weight is 686 g/mol. The second kappa shape index (κ2) is 12.2. The molecular weight excluding hydrogens is 634 g/mol. The van der Waals surface area contributed by atoms with Gasteiger partial charge in [0.2, 0.25) is 11.8 Å². The monoisotopic (exact) mass is 685 g/mol. The van der Waals surface area contributed by atoms with E-state index >= 15 is 0 Å². The number of hydrogen-bond donors (Lipinski definition) is 4. The van der Waals surface area contributed by atoms with Crippen LogP contribution in [-0.4, -0.2) is 123 Å². The first-order chi connectivity index (χ1) is 23.4. The molecule has 270 valence electrons. The van der Waals surface area contributed by atoms with E-state index in [0.717, 1.165) is 6.42 Å². The first-order valence-electron chi connectivity index (χ1n) is 17.6. The Bertz CT molecular complexity index is 1490. The van der Waals surface area contributed by atoms with Crippen molar-refractivity contribution in [1.29, 1.82) is 0 Å². The Morgan fingerprint density at radius 3 is 2.45 bits per heavy atom. The molecule has 1 heterocycles. The minimum absolute atomic E-state index is 0.0424. The number of fused-ring (bicyclic) bond motifs is 2. The van der Waals surface area contributed by atoms with E-state index in [1.807, 2.05) is 0 Å². The van der Waals surface area contributed by atoms with E-state index in [-0.39, 0.29) is 79.1 Å². The van der Waals surface area contributed by atoms with Gasteiger partial charge in [-0.1, -0.05) is 19.1 Å². The lowest BCUT2D eigenvalue weighted by molar-refractivity contribution is -0.320. The van der Waals surface area contributed by atoms with Crippen molar-refractivity contribution in [2.24, 2.45) is 40.2 Å². The Labute approximate surface area is 287 Å². The molecule has 49 heavy (non-hydrogen) atoms. The number of likely N-dealkylation sites (N-methyl/N-ethyl adjacent to an activating group) is 1. The number of carbonyl (C=O) groups excluding carboxylic acids is 3. The number of piperidine rings is 1. The third-order valence-electron chi connectivity index (χ3n) is 13.8. The molecule has 13 atom stereocenters. The summed E-state index contributed by atoms with van der Waals surface area (Å²) < 4.78 is 31.3. The molecule has 1 aliphatic heterocycles. The Kier molecular flexibility index (Phi) is 8.69. The number of amides is 2. The molecular formula is C36H51N3O10. The predicted molar refractivity (Wildman–Crippen MR) is 175 cm³/mol. The number of likely N-dealkylation sites (tertiary alicyclic amines) is 1. The number of carbonyl (C=O) groups is 3. The molecule has 2 amide bonds. The first-order valence-corrected chi connectivity index (χ1v) is 17.6. The smallest absolute Gasteiger partial charge is 0.340 e. The van der Waals surface area contributed by atoms with Gasteiger partial charge in [-0.05, 0) is 43.9 Å². The summed E-state index contributed by atoms with van der Waals surface area (Å²) in [5.41, 5.74) is 1.14. The van der Waals surface area contributed by atoms with Crippen LogP contribution in [0, 0.1) is 34.5 Å². The molecule has 6 aliphatic rings. The minimum Gasteiger partial charge on any atom is -0.461 e. The average Bonchev–Trinajstić information content (AvgIpc) is 3.51. The summed E-state index contributed by atoms with van der Waals surface area (Å²) in [6, 6.07) is 6.14. The second-order valence-corrected chi connectivity index (χ2v) is 15.3. The number of primary amides is 1. The SMILES string of the molecule is CCN1C[C@@]2(COC(=O)c3ccccc3NC(=O)CCC(N)=O)CC[C@@H](OC)[C@@]34C1[C@@](O)([C@H](OC)[C@@H]23)[C@]1(O)C[C@@H](OC)[C@@H]2C[C@H]4[C@H]1[C@@H]2OC. The molecule has 5 N–H and O–H groups in total. The number of nitrogens with one attached hydrogen (secondary N) is 1. The summed E-state index contributed by atoms with van der Waals surface area (Å²) in [6.07, 6.45) is 0.513. The topological polar surface area (TPSA) is 179 Å². The number of nitrogens with two attached hydrogens (primary N) is 1. The van der Waals surface area contributed by atoms with Crippen LogP contribution in [0.15, 0.2) is 24.3 Å². The molecule has 1 aromatic carbocycles. The summed E-state index contributed by atoms with van der Waals surface area (Å²) in [5, 5.41) is 29.2. The van der Waals surface area contributed by atoms with Crippen molar-refractivity contribution >= 4 is 23.5 Å². The summed E-state index contributed by atoms with van der Waals surface area (Å²) >= 11 is 0. The van der Waals surface area contributed by atoms with Crippen molar-refractivity contribution in [2.45, 2.75) is 87.1 Å². The maximum Gasteiger partial charge on any atom is 0.340 e. The number of rotatable bonds is 12. The van der Waals surface area contributed by atoms with Gasteiger partial charge in [0.1, 0.15) is 11.2 Å². The van der Waals surface area contributed by atoms with Crippen LogP contribution in [0.3, 0.4) is 0 Å². The molecule has 1 aromatic rings. The number of aliphatic hydroxyl groups is 2. The first kappa shape index (κ1) is 34.8. The highest BCUT2D eigenvalue weighted by Crippen LogP contribution is 2.80. The quantitative estimate of drug-likeness (QED) is 0.233. The van der Waals surface area contributed by atoms with Crippen LogP contribution in [-0.2, 0) is 33.3 Å². The number of nitrogens with zero attached hydrogens (tertiary/aromatic N) is 1. The van der Waals surface area contributed by atoms with Crippen LogP contribution in [0.1, 0.15) is 55.8 Å². The van der Waals surface area contributed by atoms with E-state index in [0.29, 0.717) is 25.9 Å². The third kappa shape index (κ3) is 4.45. The molecule has 5 saturated carbocycles. The summed E-state index contributed by atoms with van der Waals surface area (Å²) in [6.45, 7) is 3.25. The summed E-state index contributed by atoms with van der Waals surface area (Å²) in [7, 11) is 6.68. The van der Waals surface area contributed by atoms with Gasteiger partial charge in [-0.25, -0.2) is 4.79 Å². The number of para-hydroxylation sites is 1. The van der Waals surface area contributed by atoms with Crippen LogP contribution in [0.4, 0.5) is 5.69 Å². The summed E-state index contributed by atoms with van der Waals surface area (Å²) in [5.74, 6) is -2.33. The molecule has 0 aromatic heterocycles. The molecule has 1 spiro atoms. The van der Waals surface area contributed by atoms with E-state index in [1.165, 1.54) is 0 Å². The Morgan fingerprint density at radius 1 is 1.04 bits per heavy atom. The number of anilines is 1. The fourth-order valence-corrected chi connectivity index (χ4v) is 12.5. The van der Waals surface area contributed by atoms with Gasteiger partial charge in [0.25, 0.3) is 0 Å². The third-order valence-corrected chi connectivity index (χ3v) is 13.8. The van der Waals surface area contributed by atoms with Crippen LogP contribution in [0.25, 0.3) is 0 Å². The lowest BCUT2D eigenvalue weighted by atomic mass is 9.42. The van der Waals surface area contributed by atoms with Crippen molar-refractivity contribution in [1.82, 2.24) is 4.90 Å². The fourth-order valence-electron chi connectivity index (χ4n) is 12.5. The standard InChI is InChI=1S/C36H51N3O10/c1-6-39-17-33(18-49-31(42)19-9-7-8-10-22(19)38-26(41)12-11-25(37)40)14-13-24(46-3)35-21-15-20-23(45-2)16-34(43,27(21)28(20)47-4)36(44,32(35)39)30(48-5)29(33)35/h7-10,20-21,23-24,27-30,32,43-44H,6,11-18H2,1-5H3,(H2,37,40)(H,38,41)/t20-,21-,23+,24+,27-,28+,29-,30+,32?,33+,34-,35+,36-/m0/s1.